The number of amides is 1. The third-order valence-electron chi connectivity index (χ3n) is 6.16. The lowest BCUT2D eigenvalue weighted by atomic mass is 9.86. The molecule has 6 heteroatoms. The molecule has 154 valence electrons. The van der Waals surface area contributed by atoms with Gasteiger partial charge in [-0.25, -0.2) is 8.78 Å². The van der Waals surface area contributed by atoms with E-state index in [9.17, 15) is 13.6 Å². The van der Waals surface area contributed by atoms with Gasteiger partial charge in [0, 0.05) is 24.3 Å². The third-order valence-corrected chi connectivity index (χ3v) is 6.45. The number of hydrogen-bond donors (Lipinski definition) is 1. The highest BCUT2D eigenvalue weighted by Crippen LogP contribution is 2.44. The summed E-state index contributed by atoms with van der Waals surface area (Å²) in [6, 6.07) is 8.41. The summed E-state index contributed by atoms with van der Waals surface area (Å²) >= 11 is 5.78. The second-order valence-corrected chi connectivity index (χ2v) is 8.72. The number of carbonyl (C=O) groups excluding carboxylic acids is 1. The number of benzene rings is 2. The van der Waals surface area contributed by atoms with Gasteiger partial charge in [0.1, 0.15) is 11.6 Å². The first-order valence-electron chi connectivity index (χ1n) is 10.2. The van der Waals surface area contributed by atoms with E-state index in [-0.39, 0.29) is 16.7 Å². The number of carbonyl (C=O) groups is 1. The van der Waals surface area contributed by atoms with Crippen molar-refractivity contribution in [2.75, 3.05) is 23.3 Å². The van der Waals surface area contributed by atoms with Gasteiger partial charge in [0.05, 0.1) is 10.7 Å². The zero-order chi connectivity index (χ0) is 20.5. The number of rotatable bonds is 4. The molecule has 4 rings (SSSR count). The summed E-state index contributed by atoms with van der Waals surface area (Å²) in [7, 11) is 0. The zero-order valence-corrected chi connectivity index (χ0v) is 17.2. The number of anilines is 2. The molecule has 2 aromatic rings. The Labute approximate surface area is 175 Å². The highest BCUT2D eigenvalue weighted by atomic mass is 35.5. The van der Waals surface area contributed by atoms with Crippen LogP contribution in [0, 0.1) is 29.4 Å². The first kappa shape index (κ1) is 20.1. The smallest absolute Gasteiger partial charge is 0.255 e. The second kappa shape index (κ2) is 8.31. The van der Waals surface area contributed by atoms with Crippen LogP contribution in [0.4, 0.5) is 20.2 Å². The van der Waals surface area contributed by atoms with Gasteiger partial charge in [-0.1, -0.05) is 18.5 Å². The molecule has 0 aromatic heterocycles. The van der Waals surface area contributed by atoms with Gasteiger partial charge in [0.25, 0.3) is 5.91 Å². The highest BCUT2D eigenvalue weighted by molar-refractivity contribution is 6.31. The highest BCUT2D eigenvalue weighted by Gasteiger charge is 2.36. The molecule has 2 aromatic carbocycles. The van der Waals surface area contributed by atoms with Crippen LogP contribution in [0.3, 0.4) is 0 Å². The minimum atomic E-state index is -0.548. The molecule has 1 aliphatic heterocycles. The van der Waals surface area contributed by atoms with E-state index >= 15 is 0 Å². The molecule has 0 radical (unpaired) electrons. The quantitative estimate of drug-likeness (QED) is 0.647. The van der Waals surface area contributed by atoms with Crippen LogP contribution in [-0.4, -0.2) is 19.0 Å². The van der Waals surface area contributed by atoms with Crippen molar-refractivity contribution < 1.29 is 13.6 Å². The van der Waals surface area contributed by atoms with Gasteiger partial charge < -0.3 is 10.2 Å². The summed E-state index contributed by atoms with van der Waals surface area (Å²) in [6.45, 7) is 3.86. The van der Waals surface area contributed by atoms with E-state index in [1.54, 1.807) is 6.07 Å². The molecule has 1 saturated heterocycles. The molecule has 0 spiro atoms. The second-order valence-electron chi connectivity index (χ2n) is 8.32. The summed E-state index contributed by atoms with van der Waals surface area (Å²) in [5.41, 5.74) is 1.22. The van der Waals surface area contributed by atoms with Crippen LogP contribution in [0.5, 0.6) is 0 Å². The minimum Gasteiger partial charge on any atom is -0.369 e. The van der Waals surface area contributed by atoms with Gasteiger partial charge in [-0.15, -0.1) is 0 Å². The molecule has 1 saturated carbocycles. The van der Waals surface area contributed by atoms with E-state index in [2.05, 4.69) is 17.1 Å². The maximum atomic E-state index is 14.6. The maximum Gasteiger partial charge on any atom is 0.255 e. The first-order valence-corrected chi connectivity index (χ1v) is 10.6. The fraction of sp³-hybridized carbons (Fsp3) is 0.435. The molecule has 2 unspecified atom stereocenters. The SMILES string of the molecule is CC1CN(c2cc(C(=O)Nc3ccc(F)c(Cl)c3)ccc2F)CCCC1C1CC1. The Morgan fingerprint density at radius 2 is 1.86 bits per heavy atom. The summed E-state index contributed by atoms with van der Waals surface area (Å²) in [5.74, 6) is 0.820. The monoisotopic (exact) mass is 418 g/mol. The molecule has 1 amide bonds. The van der Waals surface area contributed by atoms with Crippen molar-refractivity contribution in [3.05, 3.63) is 58.6 Å². The predicted molar refractivity (Wildman–Crippen MR) is 113 cm³/mol. The standard InChI is InChI=1S/C23H25ClF2N2O/c1-14-13-28(10-2-3-18(14)15-4-5-15)22-11-16(6-8-21(22)26)23(29)27-17-7-9-20(25)19(24)12-17/h6-9,11-12,14-15,18H,2-5,10,13H2,1H3,(H,27,29). The lowest BCUT2D eigenvalue weighted by Crippen LogP contribution is -2.30. The summed E-state index contributed by atoms with van der Waals surface area (Å²) < 4.78 is 28.0. The average Bonchev–Trinajstić information content (AvgIpc) is 3.52. The van der Waals surface area contributed by atoms with Crippen molar-refractivity contribution in [1.82, 2.24) is 0 Å². The van der Waals surface area contributed by atoms with Crippen LogP contribution in [0.1, 0.15) is 43.0 Å². The van der Waals surface area contributed by atoms with Gasteiger partial charge in [0.15, 0.2) is 0 Å². The molecule has 2 fully saturated rings. The third kappa shape index (κ3) is 4.55. The van der Waals surface area contributed by atoms with Crippen molar-refractivity contribution in [3.8, 4) is 0 Å². The van der Waals surface area contributed by atoms with Gasteiger partial charge in [-0.2, -0.15) is 0 Å². The molecule has 1 heterocycles. The predicted octanol–water partition coefficient (Wildman–Crippen LogP) is 6.13. The van der Waals surface area contributed by atoms with Crippen molar-refractivity contribution in [2.45, 2.75) is 32.6 Å². The van der Waals surface area contributed by atoms with Crippen LogP contribution >= 0.6 is 11.6 Å². The normalized spacial score (nSPS) is 22.3. The fourth-order valence-electron chi connectivity index (χ4n) is 4.49. The van der Waals surface area contributed by atoms with Crippen LogP contribution in [0.15, 0.2) is 36.4 Å². The van der Waals surface area contributed by atoms with E-state index in [4.69, 9.17) is 11.6 Å². The molecule has 3 nitrogen and oxygen atoms in total. The minimum absolute atomic E-state index is 0.0635. The fourth-order valence-corrected chi connectivity index (χ4v) is 4.67. The number of nitrogens with one attached hydrogen (secondary N) is 1. The molecule has 0 bridgehead atoms. The van der Waals surface area contributed by atoms with Crippen molar-refractivity contribution in [1.29, 1.82) is 0 Å². The lowest BCUT2D eigenvalue weighted by molar-refractivity contribution is 0.102. The molecule has 1 N–H and O–H groups in total. The van der Waals surface area contributed by atoms with E-state index in [1.807, 2.05) is 0 Å². The Bertz CT molecular complexity index is 916. The average molecular weight is 419 g/mol. The Morgan fingerprint density at radius 3 is 2.59 bits per heavy atom. The van der Waals surface area contributed by atoms with Crippen molar-refractivity contribution >= 4 is 28.9 Å². The van der Waals surface area contributed by atoms with Gasteiger partial charge in [-0.3, -0.25) is 4.79 Å². The van der Waals surface area contributed by atoms with Gasteiger partial charge in [-0.05, 0) is 79.8 Å². The maximum absolute atomic E-state index is 14.6. The first-order chi connectivity index (χ1) is 13.9. The van der Waals surface area contributed by atoms with Crippen LogP contribution in [0.25, 0.3) is 0 Å². The molecule has 2 aliphatic rings. The summed E-state index contributed by atoms with van der Waals surface area (Å²) in [5, 5.41) is 2.63. The Kier molecular flexibility index (Phi) is 5.77. The van der Waals surface area contributed by atoms with E-state index in [1.165, 1.54) is 49.6 Å². The largest absolute Gasteiger partial charge is 0.369 e. The van der Waals surface area contributed by atoms with E-state index in [0.717, 1.165) is 31.3 Å². The summed E-state index contributed by atoms with van der Waals surface area (Å²) in [6.07, 6.45) is 4.88. The lowest BCUT2D eigenvalue weighted by Gasteiger charge is -2.28. The molecule has 2 atom stereocenters. The number of nitrogens with zero attached hydrogens (tertiary/aromatic N) is 1. The van der Waals surface area contributed by atoms with Crippen LogP contribution in [0.2, 0.25) is 5.02 Å². The Balaban J connectivity index is 1.52. The topological polar surface area (TPSA) is 32.3 Å². The van der Waals surface area contributed by atoms with Gasteiger partial charge >= 0.3 is 0 Å². The molecular formula is C23H25ClF2N2O. The van der Waals surface area contributed by atoms with Crippen molar-refractivity contribution in [2.24, 2.45) is 17.8 Å². The summed E-state index contributed by atoms with van der Waals surface area (Å²) in [4.78, 5) is 14.7. The number of halogens is 3. The van der Waals surface area contributed by atoms with Crippen LogP contribution in [-0.2, 0) is 0 Å². The number of hydrogen-bond acceptors (Lipinski definition) is 2. The molecular weight excluding hydrogens is 394 g/mol. The van der Waals surface area contributed by atoms with Crippen LogP contribution < -0.4 is 10.2 Å². The van der Waals surface area contributed by atoms with Crippen molar-refractivity contribution in [3.63, 3.8) is 0 Å². The van der Waals surface area contributed by atoms with Gasteiger partial charge in [0.2, 0.25) is 0 Å². The molecule has 1 aliphatic carbocycles. The Morgan fingerprint density at radius 1 is 1.10 bits per heavy atom. The van der Waals surface area contributed by atoms with E-state index in [0.29, 0.717) is 22.9 Å². The zero-order valence-electron chi connectivity index (χ0n) is 16.4. The Hall–Kier alpha value is -2.14. The molecule has 29 heavy (non-hydrogen) atoms. The van der Waals surface area contributed by atoms with E-state index < -0.39 is 5.82 Å².